The van der Waals surface area contributed by atoms with Crippen LogP contribution < -0.4 is 5.32 Å². The third kappa shape index (κ3) is 2.96. The van der Waals surface area contributed by atoms with Gasteiger partial charge >= 0.3 is 0 Å². The summed E-state index contributed by atoms with van der Waals surface area (Å²) >= 11 is 3.01. The summed E-state index contributed by atoms with van der Waals surface area (Å²) in [6.07, 6.45) is 0. The highest BCUT2D eigenvalue weighted by Crippen LogP contribution is 2.28. The van der Waals surface area contributed by atoms with Gasteiger partial charge in [-0.2, -0.15) is 0 Å². The molecule has 3 heterocycles. The Bertz CT molecular complexity index is 1070. The number of benzene rings is 1. The van der Waals surface area contributed by atoms with Gasteiger partial charge in [-0.15, -0.1) is 11.3 Å². The fourth-order valence-electron chi connectivity index (χ4n) is 2.70. The number of aromatic nitrogens is 3. The molecule has 1 aromatic carbocycles. The second kappa shape index (κ2) is 6.09. The summed E-state index contributed by atoms with van der Waals surface area (Å²) in [4.78, 5) is 21.4. The van der Waals surface area contributed by atoms with Crippen molar-refractivity contribution >= 4 is 43.9 Å². The smallest absolute Gasteiger partial charge is 0.257 e. The van der Waals surface area contributed by atoms with E-state index in [2.05, 4.69) is 40.8 Å². The number of thiazole rings is 2. The molecular formula is C18H16N4OS2. The van der Waals surface area contributed by atoms with Crippen molar-refractivity contribution in [3.8, 4) is 5.13 Å². The number of aryl methyl sites for hydroxylation is 3. The van der Waals surface area contributed by atoms with Crippen LogP contribution in [0.4, 0.5) is 5.13 Å². The lowest BCUT2D eigenvalue weighted by Crippen LogP contribution is -2.11. The molecule has 0 atom stereocenters. The van der Waals surface area contributed by atoms with Crippen molar-refractivity contribution in [1.29, 1.82) is 0 Å². The van der Waals surface area contributed by atoms with E-state index >= 15 is 0 Å². The van der Waals surface area contributed by atoms with Crippen LogP contribution in [0.1, 0.15) is 27.4 Å². The molecule has 3 aromatic heterocycles. The third-order valence-electron chi connectivity index (χ3n) is 3.94. The SMILES string of the molecule is Cc1csc(NC(=O)c2ccc3nc(-n4c(C)ccc4C)sc3c2)n1. The average molecular weight is 368 g/mol. The molecule has 0 fully saturated rings. The van der Waals surface area contributed by atoms with E-state index < -0.39 is 0 Å². The number of hydrogen-bond donors (Lipinski definition) is 1. The van der Waals surface area contributed by atoms with Gasteiger partial charge in [-0.25, -0.2) is 9.97 Å². The van der Waals surface area contributed by atoms with E-state index in [9.17, 15) is 4.79 Å². The maximum Gasteiger partial charge on any atom is 0.257 e. The minimum Gasteiger partial charge on any atom is -0.298 e. The van der Waals surface area contributed by atoms with Crippen LogP contribution in [0.2, 0.25) is 0 Å². The molecule has 126 valence electrons. The zero-order valence-electron chi connectivity index (χ0n) is 14.0. The number of carbonyl (C=O) groups is 1. The van der Waals surface area contributed by atoms with Gasteiger partial charge in [0, 0.05) is 22.3 Å². The predicted molar refractivity (Wildman–Crippen MR) is 103 cm³/mol. The lowest BCUT2D eigenvalue weighted by Gasteiger charge is -2.03. The highest BCUT2D eigenvalue weighted by atomic mass is 32.1. The molecule has 0 saturated heterocycles. The number of amides is 1. The second-order valence-electron chi connectivity index (χ2n) is 5.88. The van der Waals surface area contributed by atoms with Crippen molar-refractivity contribution in [2.75, 3.05) is 5.32 Å². The van der Waals surface area contributed by atoms with Gasteiger partial charge in [-0.1, -0.05) is 11.3 Å². The highest BCUT2D eigenvalue weighted by Gasteiger charge is 2.13. The van der Waals surface area contributed by atoms with Crippen LogP contribution in [0, 0.1) is 20.8 Å². The number of hydrogen-bond acceptors (Lipinski definition) is 5. The molecule has 7 heteroatoms. The van der Waals surface area contributed by atoms with Crippen molar-refractivity contribution < 1.29 is 4.79 Å². The Morgan fingerprint density at radius 3 is 2.52 bits per heavy atom. The van der Waals surface area contributed by atoms with Gasteiger partial charge in [0.15, 0.2) is 10.3 Å². The van der Waals surface area contributed by atoms with Crippen molar-refractivity contribution in [3.63, 3.8) is 0 Å². The summed E-state index contributed by atoms with van der Waals surface area (Å²) in [6, 6.07) is 9.75. The molecule has 5 nitrogen and oxygen atoms in total. The number of fused-ring (bicyclic) bond motifs is 1. The Morgan fingerprint density at radius 1 is 1.08 bits per heavy atom. The molecule has 4 rings (SSSR count). The Hall–Kier alpha value is -2.51. The summed E-state index contributed by atoms with van der Waals surface area (Å²) in [7, 11) is 0. The van der Waals surface area contributed by atoms with Crippen LogP contribution >= 0.6 is 22.7 Å². The van der Waals surface area contributed by atoms with E-state index in [4.69, 9.17) is 4.98 Å². The van der Waals surface area contributed by atoms with Crippen molar-refractivity contribution in [2.45, 2.75) is 20.8 Å². The first-order valence-corrected chi connectivity index (χ1v) is 9.50. The van der Waals surface area contributed by atoms with Gasteiger partial charge in [0.25, 0.3) is 5.91 Å². The molecule has 0 bridgehead atoms. The van der Waals surface area contributed by atoms with Gasteiger partial charge in [0.1, 0.15) is 0 Å². The van der Waals surface area contributed by atoms with Crippen molar-refractivity contribution in [3.05, 3.63) is 58.4 Å². The van der Waals surface area contributed by atoms with Crippen LogP contribution in [0.25, 0.3) is 15.3 Å². The summed E-state index contributed by atoms with van der Waals surface area (Å²) in [5.74, 6) is -0.153. The predicted octanol–water partition coefficient (Wildman–Crippen LogP) is 4.72. The van der Waals surface area contributed by atoms with Gasteiger partial charge in [-0.05, 0) is 51.1 Å². The number of nitrogens with zero attached hydrogens (tertiary/aromatic N) is 3. The highest BCUT2D eigenvalue weighted by molar-refractivity contribution is 7.20. The molecule has 0 saturated carbocycles. The van der Waals surface area contributed by atoms with Crippen LogP contribution in [0.3, 0.4) is 0 Å². The lowest BCUT2D eigenvalue weighted by atomic mass is 10.2. The van der Waals surface area contributed by atoms with E-state index in [0.29, 0.717) is 10.7 Å². The van der Waals surface area contributed by atoms with E-state index in [0.717, 1.165) is 32.4 Å². The largest absolute Gasteiger partial charge is 0.298 e. The second-order valence-corrected chi connectivity index (χ2v) is 7.75. The molecule has 25 heavy (non-hydrogen) atoms. The van der Waals surface area contributed by atoms with Gasteiger partial charge in [0.2, 0.25) is 0 Å². The Morgan fingerprint density at radius 2 is 1.84 bits per heavy atom. The minimum atomic E-state index is -0.153. The van der Waals surface area contributed by atoms with E-state index in [1.807, 2.05) is 24.4 Å². The number of nitrogens with one attached hydrogen (secondary N) is 1. The molecule has 0 aliphatic heterocycles. The topological polar surface area (TPSA) is 59.8 Å². The van der Waals surface area contributed by atoms with E-state index in [-0.39, 0.29) is 5.91 Å². The zero-order chi connectivity index (χ0) is 17.6. The standard InChI is InChI=1S/C18H16N4OS2/c1-10-9-24-17(19-10)21-16(23)13-6-7-14-15(8-13)25-18(20-14)22-11(2)4-5-12(22)3/h4-9H,1-3H3,(H,19,21,23). The summed E-state index contributed by atoms with van der Waals surface area (Å²) in [6.45, 7) is 6.03. The molecular weight excluding hydrogens is 352 g/mol. The molecule has 0 aliphatic rings. The maximum atomic E-state index is 12.4. The molecule has 0 unspecified atom stereocenters. The minimum absolute atomic E-state index is 0.153. The maximum absolute atomic E-state index is 12.4. The molecule has 1 amide bonds. The summed E-state index contributed by atoms with van der Waals surface area (Å²) < 4.78 is 3.12. The molecule has 0 spiro atoms. The van der Waals surface area contributed by atoms with Gasteiger partial charge < -0.3 is 0 Å². The quantitative estimate of drug-likeness (QED) is 0.569. The number of carbonyl (C=O) groups excluding carboxylic acids is 1. The monoisotopic (exact) mass is 368 g/mol. The first-order valence-electron chi connectivity index (χ1n) is 7.80. The van der Waals surface area contributed by atoms with Crippen LogP contribution in [0.15, 0.2) is 35.7 Å². The summed E-state index contributed by atoms with van der Waals surface area (Å²) in [5.41, 5.74) is 4.70. The third-order valence-corrected chi connectivity index (χ3v) is 5.82. The average Bonchev–Trinajstić information content (AvgIpc) is 3.25. The van der Waals surface area contributed by atoms with Gasteiger partial charge in [0.05, 0.1) is 15.9 Å². The van der Waals surface area contributed by atoms with Crippen molar-refractivity contribution in [2.24, 2.45) is 0 Å². The van der Waals surface area contributed by atoms with Crippen molar-refractivity contribution in [1.82, 2.24) is 14.5 Å². The first kappa shape index (κ1) is 16.0. The zero-order valence-corrected chi connectivity index (χ0v) is 15.7. The first-order chi connectivity index (χ1) is 12.0. The van der Waals surface area contributed by atoms with Crippen LogP contribution in [0.5, 0.6) is 0 Å². The molecule has 0 aliphatic carbocycles. The molecule has 0 radical (unpaired) electrons. The van der Waals surface area contributed by atoms with Gasteiger partial charge in [-0.3, -0.25) is 14.7 Å². The lowest BCUT2D eigenvalue weighted by molar-refractivity contribution is 0.102. The normalized spacial score (nSPS) is 11.2. The molecule has 4 aromatic rings. The number of rotatable bonds is 3. The molecule has 1 N–H and O–H groups in total. The fourth-order valence-corrected chi connectivity index (χ4v) is 4.51. The van der Waals surface area contributed by atoms with E-state index in [1.54, 1.807) is 17.4 Å². The Balaban J connectivity index is 1.67. The van der Waals surface area contributed by atoms with Crippen LogP contribution in [-0.2, 0) is 0 Å². The van der Waals surface area contributed by atoms with E-state index in [1.165, 1.54) is 11.3 Å². The number of anilines is 1. The van der Waals surface area contributed by atoms with Crippen LogP contribution in [-0.4, -0.2) is 20.4 Å². The Labute approximate surface area is 153 Å². The summed E-state index contributed by atoms with van der Waals surface area (Å²) in [5, 5.41) is 6.29. The fraction of sp³-hybridized carbons (Fsp3) is 0.167. The Kier molecular flexibility index (Phi) is 3.89.